The van der Waals surface area contributed by atoms with Gasteiger partial charge in [-0.15, -0.1) is 0 Å². The number of carbonyl (C=O) groups is 1. The van der Waals surface area contributed by atoms with Gasteiger partial charge in [0.1, 0.15) is 0 Å². The quantitative estimate of drug-likeness (QED) is 0.844. The van der Waals surface area contributed by atoms with Crippen LogP contribution >= 0.6 is 11.6 Å². The molecule has 0 aliphatic carbocycles. The van der Waals surface area contributed by atoms with Crippen molar-refractivity contribution in [3.63, 3.8) is 0 Å². The van der Waals surface area contributed by atoms with E-state index >= 15 is 0 Å². The van der Waals surface area contributed by atoms with Gasteiger partial charge in [-0.05, 0) is 6.42 Å². The molecular formula is C11H13ClF2N2O3. The average Bonchev–Trinajstić information content (AvgIpc) is 2.33. The molecule has 5 nitrogen and oxygen atoms in total. The molecule has 0 aliphatic heterocycles. The number of carbonyl (C=O) groups excluding carboxylic acids is 1. The Morgan fingerprint density at radius 2 is 2.32 bits per heavy atom. The standard InChI is InChI=1S/C11H13ClF2N2O3/c1-2-6(5-17)10(18)16-9-8(19-11(13)14)3-7(12)4-15-9/h3-4,6,11,17H,2,5H2,1H3,(H,15,16,18). The second-order valence-corrected chi connectivity index (χ2v) is 4.09. The first-order valence-electron chi connectivity index (χ1n) is 5.50. The number of aliphatic hydroxyl groups is 1. The van der Waals surface area contributed by atoms with Crippen LogP contribution < -0.4 is 10.1 Å². The third-order valence-corrected chi connectivity index (χ3v) is 2.57. The van der Waals surface area contributed by atoms with Gasteiger partial charge in [0, 0.05) is 12.3 Å². The molecule has 1 aromatic rings. The predicted molar refractivity (Wildman–Crippen MR) is 65.4 cm³/mol. The third kappa shape index (κ3) is 4.60. The lowest BCUT2D eigenvalue weighted by Crippen LogP contribution is -2.26. The Balaban J connectivity index is 2.90. The first kappa shape index (κ1) is 15.6. The average molecular weight is 295 g/mol. The van der Waals surface area contributed by atoms with E-state index in [0.29, 0.717) is 6.42 Å². The molecule has 106 valence electrons. The van der Waals surface area contributed by atoms with E-state index in [-0.39, 0.29) is 23.2 Å². The number of nitrogens with zero attached hydrogens (tertiary/aromatic N) is 1. The number of aliphatic hydroxyl groups excluding tert-OH is 1. The van der Waals surface area contributed by atoms with Gasteiger partial charge in [-0.1, -0.05) is 18.5 Å². The van der Waals surface area contributed by atoms with Crippen LogP contribution in [0.4, 0.5) is 14.6 Å². The first-order valence-corrected chi connectivity index (χ1v) is 5.87. The maximum atomic E-state index is 12.2. The zero-order valence-corrected chi connectivity index (χ0v) is 10.8. The van der Waals surface area contributed by atoms with Crippen molar-refractivity contribution in [1.29, 1.82) is 0 Å². The molecular weight excluding hydrogens is 282 g/mol. The molecule has 0 bridgehead atoms. The lowest BCUT2D eigenvalue weighted by atomic mass is 10.1. The topological polar surface area (TPSA) is 71.5 Å². The number of rotatable bonds is 6. The van der Waals surface area contributed by atoms with Crippen molar-refractivity contribution in [1.82, 2.24) is 4.98 Å². The lowest BCUT2D eigenvalue weighted by Gasteiger charge is -2.14. The van der Waals surface area contributed by atoms with Crippen LogP contribution in [0.5, 0.6) is 5.75 Å². The van der Waals surface area contributed by atoms with Crippen LogP contribution in [0.1, 0.15) is 13.3 Å². The van der Waals surface area contributed by atoms with Crippen LogP contribution in [0.2, 0.25) is 5.02 Å². The zero-order chi connectivity index (χ0) is 14.4. The normalized spacial score (nSPS) is 12.3. The molecule has 1 atom stereocenters. The fourth-order valence-corrected chi connectivity index (χ4v) is 1.46. The molecule has 1 unspecified atom stereocenters. The largest absolute Gasteiger partial charge is 0.431 e. The number of hydrogen-bond acceptors (Lipinski definition) is 4. The number of amides is 1. The second-order valence-electron chi connectivity index (χ2n) is 3.66. The maximum Gasteiger partial charge on any atom is 0.387 e. The summed E-state index contributed by atoms with van der Waals surface area (Å²) in [6.07, 6.45) is 1.59. The van der Waals surface area contributed by atoms with Gasteiger partial charge < -0.3 is 15.2 Å². The minimum atomic E-state index is -3.06. The zero-order valence-electron chi connectivity index (χ0n) is 10.1. The molecule has 2 N–H and O–H groups in total. The monoisotopic (exact) mass is 294 g/mol. The van der Waals surface area contributed by atoms with E-state index in [1.807, 2.05) is 0 Å². The van der Waals surface area contributed by atoms with Gasteiger partial charge in [0.05, 0.1) is 17.5 Å². The van der Waals surface area contributed by atoms with Gasteiger partial charge in [-0.2, -0.15) is 8.78 Å². The molecule has 0 aliphatic rings. The van der Waals surface area contributed by atoms with Crippen molar-refractivity contribution in [2.45, 2.75) is 20.0 Å². The number of aromatic nitrogens is 1. The van der Waals surface area contributed by atoms with Gasteiger partial charge in [-0.25, -0.2) is 4.98 Å². The predicted octanol–water partition coefficient (Wildman–Crippen LogP) is 2.29. The Labute approximate surface area is 113 Å². The molecule has 0 radical (unpaired) electrons. The second kappa shape index (κ2) is 7.20. The van der Waals surface area contributed by atoms with Crippen LogP contribution in [0.15, 0.2) is 12.3 Å². The Morgan fingerprint density at radius 1 is 1.63 bits per heavy atom. The molecule has 1 heterocycles. The summed E-state index contributed by atoms with van der Waals surface area (Å²) >= 11 is 5.61. The van der Waals surface area contributed by atoms with Gasteiger partial charge in [0.15, 0.2) is 11.6 Å². The molecule has 0 aromatic carbocycles. The summed E-state index contributed by atoms with van der Waals surface area (Å²) in [5, 5.41) is 11.4. The number of hydrogen-bond donors (Lipinski definition) is 2. The highest BCUT2D eigenvalue weighted by Crippen LogP contribution is 2.27. The highest BCUT2D eigenvalue weighted by atomic mass is 35.5. The Morgan fingerprint density at radius 3 is 2.84 bits per heavy atom. The summed E-state index contributed by atoms with van der Waals surface area (Å²) in [5.41, 5.74) is 0. The smallest absolute Gasteiger partial charge is 0.387 e. The molecule has 1 aromatic heterocycles. The number of ether oxygens (including phenoxy) is 1. The fraction of sp³-hybridized carbons (Fsp3) is 0.455. The minimum Gasteiger partial charge on any atom is -0.431 e. The summed E-state index contributed by atoms with van der Waals surface area (Å²) in [7, 11) is 0. The highest BCUT2D eigenvalue weighted by Gasteiger charge is 2.19. The Bertz CT molecular complexity index is 442. The van der Waals surface area contributed by atoms with Crippen molar-refractivity contribution >= 4 is 23.3 Å². The van der Waals surface area contributed by atoms with Crippen molar-refractivity contribution in [3.8, 4) is 5.75 Å². The van der Waals surface area contributed by atoms with Gasteiger partial charge in [0.25, 0.3) is 0 Å². The number of anilines is 1. The lowest BCUT2D eigenvalue weighted by molar-refractivity contribution is -0.121. The first-order chi connectivity index (χ1) is 8.97. The summed E-state index contributed by atoms with van der Waals surface area (Å²) < 4.78 is 28.6. The van der Waals surface area contributed by atoms with E-state index < -0.39 is 18.4 Å². The SMILES string of the molecule is CCC(CO)C(=O)Nc1ncc(Cl)cc1OC(F)F. The summed E-state index contributed by atoms with van der Waals surface area (Å²) in [6, 6.07) is 1.12. The van der Waals surface area contributed by atoms with E-state index in [0.717, 1.165) is 6.07 Å². The van der Waals surface area contributed by atoms with E-state index in [2.05, 4.69) is 15.0 Å². The Kier molecular flexibility index (Phi) is 5.91. The molecule has 0 spiro atoms. The van der Waals surface area contributed by atoms with E-state index in [9.17, 15) is 13.6 Å². The molecule has 0 saturated heterocycles. The van der Waals surface area contributed by atoms with Gasteiger partial charge in [0.2, 0.25) is 5.91 Å². The maximum absolute atomic E-state index is 12.2. The molecule has 1 amide bonds. The number of pyridine rings is 1. The number of alkyl halides is 2. The summed E-state index contributed by atoms with van der Waals surface area (Å²) in [6.45, 7) is -1.69. The van der Waals surface area contributed by atoms with E-state index in [1.54, 1.807) is 6.92 Å². The van der Waals surface area contributed by atoms with Crippen LogP contribution in [0.25, 0.3) is 0 Å². The molecule has 1 rings (SSSR count). The van der Waals surface area contributed by atoms with Crippen LogP contribution in [0, 0.1) is 5.92 Å². The highest BCUT2D eigenvalue weighted by molar-refractivity contribution is 6.30. The Hall–Kier alpha value is -1.47. The van der Waals surface area contributed by atoms with Crippen molar-refractivity contribution in [3.05, 3.63) is 17.3 Å². The van der Waals surface area contributed by atoms with Crippen molar-refractivity contribution in [2.24, 2.45) is 5.92 Å². The number of halogens is 3. The minimum absolute atomic E-state index is 0.0999. The molecule has 8 heteroatoms. The summed E-state index contributed by atoms with van der Waals surface area (Å²) in [4.78, 5) is 15.4. The summed E-state index contributed by atoms with van der Waals surface area (Å²) in [5.74, 6) is -1.67. The van der Waals surface area contributed by atoms with E-state index in [4.69, 9.17) is 16.7 Å². The third-order valence-electron chi connectivity index (χ3n) is 2.36. The van der Waals surface area contributed by atoms with Crippen molar-refractivity contribution in [2.75, 3.05) is 11.9 Å². The van der Waals surface area contributed by atoms with E-state index in [1.165, 1.54) is 6.20 Å². The molecule has 0 fully saturated rings. The van der Waals surface area contributed by atoms with Gasteiger partial charge >= 0.3 is 6.61 Å². The van der Waals surface area contributed by atoms with Crippen LogP contribution in [0.3, 0.4) is 0 Å². The van der Waals surface area contributed by atoms with Crippen molar-refractivity contribution < 1.29 is 23.4 Å². The fourth-order valence-electron chi connectivity index (χ4n) is 1.32. The van der Waals surface area contributed by atoms with Crippen LogP contribution in [-0.2, 0) is 4.79 Å². The molecule has 19 heavy (non-hydrogen) atoms. The number of nitrogens with one attached hydrogen (secondary N) is 1. The molecule has 0 saturated carbocycles. The van der Waals surface area contributed by atoms with Gasteiger partial charge in [-0.3, -0.25) is 4.79 Å². The van der Waals surface area contributed by atoms with Crippen LogP contribution in [-0.4, -0.2) is 29.2 Å².